The van der Waals surface area contributed by atoms with Crippen molar-refractivity contribution in [1.82, 2.24) is 15.0 Å². The van der Waals surface area contributed by atoms with E-state index in [9.17, 15) is 0 Å². The van der Waals surface area contributed by atoms with Crippen molar-refractivity contribution in [1.29, 1.82) is 0 Å². The van der Waals surface area contributed by atoms with E-state index in [1.807, 2.05) is 12.1 Å². The summed E-state index contributed by atoms with van der Waals surface area (Å²) >= 11 is 3.25. The Balaban J connectivity index is 1.95. The van der Waals surface area contributed by atoms with Crippen molar-refractivity contribution in [3.05, 3.63) is 41.2 Å². The zero-order chi connectivity index (χ0) is 9.80. The van der Waals surface area contributed by atoms with E-state index < -0.39 is 0 Å². The molecule has 4 nitrogen and oxygen atoms in total. The first-order chi connectivity index (χ1) is 6.84. The van der Waals surface area contributed by atoms with E-state index in [0.29, 0.717) is 6.61 Å². The molecule has 0 atom stereocenters. The summed E-state index contributed by atoms with van der Waals surface area (Å²) in [7, 11) is 0. The number of H-pyrrole nitrogens is 1. The molecule has 0 unspecified atom stereocenters. The average molecular weight is 254 g/mol. The van der Waals surface area contributed by atoms with Gasteiger partial charge in [0.15, 0.2) is 0 Å². The van der Waals surface area contributed by atoms with Crippen LogP contribution in [0.2, 0.25) is 0 Å². The lowest BCUT2D eigenvalue weighted by Crippen LogP contribution is -1.97. The molecule has 2 rings (SSSR count). The number of imidazole rings is 1. The molecule has 2 heterocycles. The van der Waals surface area contributed by atoms with Gasteiger partial charge in [0, 0.05) is 12.4 Å². The normalized spacial score (nSPS) is 10.1. The average Bonchev–Trinajstić information content (AvgIpc) is 2.70. The first kappa shape index (κ1) is 9.21. The second-order valence-electron chi connectivity index (χ2n) is 2.64. The highest BCUT2D eigenvalue weighted by atomic mass is 79.9. The SMILES string of the molecule is Brc1ccc(OCc2ncc[nH]2)cn1. The molecule has 72 valence electrons. The minimum absolute atomic E-state index is 0.427. The van der Waals surface area contributed by atoms with E-state index in [4.69, 9.17) is 4.74 Å². The van der Waals surface area contributed by atoms with Gasteiger partial charge in [-0.05, 0) is 28.1 Å². The molecule has 0 radical (unpaired) electrons. The number of ether oxygens (including phenoxy) is 1. The van der Waals surface area contributed by atoms with Gasteiger partial charge in [-0.3, -0.25) is 0 Å². The molecular formula is C9H8BrN3O. The quantitative estimate of drug-likeness (QED) is 0.854. The van der Waals surface area contributed by atoms with Crippen LogP contribution < -0.4 is 4.74 Å². The lowest BCUT2D eigenvalue weighted by atomic mass is 10.5. The second-order valence-corrected chi connectivity index (χ2v) is 3.45. The van der Waals surface area contributed by atoms with Gasteiger partial charge in [0.1, 0.15) is 22.8 Å². The Kier molecular flexibility index (Phi) is 2.78. The summed E-state index contributed by atoms with van der Waals surface area (Å²) in [6.07, 6.45) is 5.12. The molecule has 2 aromatic rings. The number of hydrogen-bond acceptors (Lipinski definition) is 3. The monoisotopic (exact) mass is 253 g/mol. The highest BCUT2D eigenvalue weighted by molar-refractivity contribution is 9.10. The van der Waals surface area contributed by atoms with Crippen LogP contribution in [-0.2, 0) is 6.61 Å². The van der Waals surface area contributed by atoms with Crippen LogP contribution in [0.15, 0.2) is 35.3 Å². The minimum atomic E-state index is 0.427. The van der Waals surface area contributed by atoms with Gasteiger partial charge < -0.3 is 9.72 Å². The summed E-state index contributed by atoms with van der Waals surface area (Å²) in [6.45, 7) is 0.427. The lowest BCUT2D eigenvalue weighted by molar-refractivity contribution is 0.296. The largest absolute Gasteiger partial charge is 0.484 e. The Labute approximate surface area is 89.5 Å². The first-order valence-corrected chi connectivity index (χ1v) is 4.86. The van der Waals surface area contributed by atoms with Crippen molar-refractivity contribution in [2.45, 2.75) is 6.61 Å². The maximum atomic E-state index is 5.43. The third-order valence-corrected chi connectivity index (χ3v) is 2.10. The molecule has 0 amide bonds. The molecule has 0 aliphatic rings. The van der Waals surface area contributed by atoms with Gasteiger partial charge >= 0.3 is 0 Å². The highest BCUT2D eigenvalue weighted by Gasteiger charge is 1.97. The van der Waals surface area contributed by atoms with Crippen LogP contribution in [0.1, 0.15) is 5.82 Å². The zero-order valence-corrected chi connectivity index (χ0v) is 8.86. The van der Waals surface area contributed by atoms with Crippen LogP contribution >= 0.6 is 15.9 Å². The topological polar surface area (TPSA) is 50.8 Å². The zero-order valence-electron chi connectivity index (χ0n) is 7.27. The standard InChI is InChI=1S/C9H8BrN3O/c10-8-2-1-7(5-13-8)14-6-9-11-3-4-12-9/h1-5H,6H2,(H,11,12). The van der Waals surface area contributed by atoms with E-state index in [-0.39, 0.29) is 0 Å². The van der Waals surface area contributed by atoms with Crippen molar-refractivity contribution in [2.24, 2.45) is 0 Å². The molecule has 0 aliphatic carbocycles. The van der Waals surface area contributed by atoms with Crippen LogP contribution in [0, 0.1) is 0 Å². The number of pyridine rings is 1. The van der Waals surface area contributed by atoms with Crippen LogP contribution in [0.3, 0.4) is 0 Å². The fraction of sp³-hybridized carbons (Fsp3) is 0.111. The van der Waals surface area contributed by atoms with Gasteiger partial charge in [0.2, 0.25) is 0 Å². The molecule has 2 aromatic heterocycles. The summed E-state index contributed by atoms with van der Waals surface area (Å²) in [6, 6.07) is 3.68. The summed E-state index contributed by atoms with van der Waals surface area (Å²) in [5.41, 5.74) is 0. The predicted octanol–water partition coefficient (Wildman–Crippen LogP) is 2.15. The van der Waals surface area contributed by atoms with Gasteiger partial charge in [-0.15, -0.1) is 0 Å². The third-order valence-electron chi connectivity index (χ3n) is 1.63. The molecule has 0 aliphatic heterocycles. The Morgan fingerprint density at radius 1 is 1.36 bits per heavy atom. The van der Waals surface area contributed by atoms with Crippen molar-refractivity contribution in [3.8, 4) is 5.75 Å². The maximum Gasteiger partial charge on any atom is 0.146 e. The predicted molar refractivity (Wildman–Crippen MR) is 54.9 cm³/mol. The fourth-order valence-electron chi connectivity index (χ4n) is 0.976. The van der Waals surface area contributed by atoms with E-state index >= 15 is 0 Å². The van der Waals surface area contributed by atoms with Crippen molar-refractivity contribution >= 4 is 15.9 Å². The van der Waals surface area contributed by atoms with Gasteiger partial charge in [-0.1, -0.05) is 0 Å². The third kappa shape index (κ3) is 2.32. The van der Waals surface area contributed by atoms with Crippen molar-refractivity contribution in [2.75, 3.05) is 0 Å². The van der Waals surface area contributed by atoms with E-state index in [2.05, 4.69) is 30.9 Å². The van der Waals surface area contributed by atoms with E-state index in [0.717, 1.165) is 16.2 Å². The number of nitrogens with zero attached hydrogens (tertiary/aromatic N) is 2. The molecule has 0 aromatic carbocycles. The number of nitrogens with one attached hydrogen (secondary N) is 1. The Morgan fingerprint density at radius 2 is 2.29 bits per heavy atom. The Morgan fingerprint density at radius 3 is 2.93 bits per heavy atom. The molecule has 0 spiro atoms. The molecule has 14 heavy (non-hydrogen) atoms. The maximum absolute atomic E-state index is 5.43. The Bertz CT molecular complexity index is 385. The summed E-state index contributed by atoms with van der Waals surface area (Å²) in [5, 5.41) is 0. The minimum Gasteiger partial charge on any atom is -0.484 e. The van der Waals surface area contributed by atoms with Gasteiger partial charge in [-0.25, -0.2) is 9.97 Å². The van der Waals surface area contributed by atoms with Crippen LogP contribution in [0.4, 0.5) is 0 Å². The summed E-state index contributed by atoms with van der Waals surface area (Å²) in [4.78, 5) is 11.0. The number of halogens is 1. The van der Waals surface area contributed by atoms with Crippen LogP contribution in [0.5, 0.6) is 5.75 Å². The highest BCUT2D eigenvalue weighted by Crippen LogP contribution is 2.13. The molecule has 0 bridgehead atoms. The van der Waals surface area contributed by atoms with Crippen LogP contribution in [-0.4, -0.2) is 15.0 Å². The molecule has 0 fully saturated rings. The molecule has 0 saturated carbocycles. The van der Waals surface area contributed by atoms with Crippen molar-refractivity contribution < 1.29 is 4.74 Å². The van der Waals surface area contributed by atoms with Gasteiger partial charge in [0.25, 0.3) is 0 Å². The lowest BCUT2D eigenvalue weighted by Gasteiger charge is -2.02. The number of rotatable bonds is 3. The fourth-order valence-corrected chi connectivity index (χ4v) is 1.21. The summed E-state index contributed by atoms with van der Waals surface area (Å²) < 4.78 is 6.22. The molecule has 5 heteroatoms. The van der Waals surface area contributed by atoms with E-state index in [1.165, 1.54) is 0 Å². The number of aromatic nitrogens is 3. The first-order valence-electron chi connectivity index (χ1n) is 4.07. The van der Waals surface area contributed by atoms with Crippen molar-refractivity contribution in [3.63, 3.8) is 0 Å². The van der Waals surface area contributed by atoms with Gasteiger partial charge in [0.05, 0.1) is 6.20 Å². The van der Waals surface area contributed by atoms with E-state index in [1.54, 1.807) is 18.6 Å². The Hall–Kier alpha value is -1.36. The molecule has 0 saturated heterocycles. The smallest absolute Gasteiger partial charge is 0.146 e. The summed E-state index contributed by atoms with van der Waals surface area (Å²) in [5.74, 6) is 1.53. The second kappa shape index (κ2) is 4.23. The number of hydrogen-bond donors (Lipinski definition) is 1. The molecule has 1 N–H and O–H groups in total. The molecular weight excluding hydrogens is 246 g/mol. The van der Waals surface area contributed by atoms with Crippen LogP contribution in [0.25, 0.3) is 0 Å². The van der Waals surface area contributed by atoms with Gasteiger partial charge in [-0.2, -0.15) is 0 Å². The number of aromatic amines is 1.